The number of halogens is 1. The zero-order valence-corrected chi connectivity index (χ0v) is 9.65. The largest absolute Gasteiger partial charge is 0.330 e. The van der Waals surface area contributed by atoms with Gasteiger partial charge in [-0.2, -0.15) is 0 Å². The lowest BCUT2D eigenvalue weighted by Crippen LogP contribution is -2.55. The summed E-state index contributed by atoms with van der Waals surface area (Å²) in [5, 5.41) is 0. The summed E-state index contributed by atoms with van der Waals surface area (Å²) in [6.07, 6.45) is 8.54. The van der Waals surface area contributed by atoms with E-state index in [-0.39, 0.29) is 0 Å². The Kier molecular flexibility index (Phi) is 1.69. The molecule has 2 atom stereocenters. The van der Waals surface area contributed by atoms with Crippen molar-refractivity contribution in [2.45, 2.75) is 42.8 Å². The van der Waals surface area contributed by atoms with Crippen molar-refractivity contribution in [1.29, 1.82) is 0 Å². The Labute approximate surface area is 88.6 Å². The third kappa shape index (κ3) is 1.21. The van der Waals surface area contributed by atoms with E-state index in [4.69, 9.17) is 5.73 Å². The summed E-state index contributed by atoms with van der Waals surface area (Å²) >= 11 is 3.98. The molecule has 13 heavy (non-hydrogen) atoms. The van der Waals surface area contributed by atoms with E-state index in [1.807, 2.05) is 0 Å². The first-order valence-corrected chi connectivity index (χ1v) is 6.31. The van der Waals surface area contributed by atoms with Crippen LogP contribution >= 0.6 is 15.9 Å². The van der Waals surface area contributed by atoms with Crippen molar-refractivity contribution < 1.29 is 0 Å². The molecular formula is C11H18BrN. The van der Waals surface area contributed by atoms with Gasteiger partial charge >= 0.3 is 0 Å². The van der Waals surface area contributed by atoms with Crippen molar-refractivity contribution in [3.8, 4) is 0 Å². The van der Waals surface area contributed by atoms with E-state index >= 15 is 0 Å². The van der Waals surface area contributed by atoms with E-state index in [9.17, 15) is 0 Å². The number of hydrogen-bond donors (Lipinski definition) is 1. The molecule has 4 aliphatic carbocycles. The zero-order valence-electron chi connectivity index (χ0n) is 8.06. The van der Waals surface area contributed by atoms with Crippen LogP contribution in [0.2, 0.25) is 0 Å². The normalized spacial score (nSPS) is 58.6. The molecule has 0 saturated heterocycles. The predicted molar refractivity (Wildman–Crippen MR) is 57.8 cm³/mol. The van der Waals surface area contributed by atoms with Crippen LogP contribution in [0.25, 0.3) is 0 Å². The van der Waals surface area contributed by atoms with Gasteiger partial charge in [0.05, 0.1) is 0 Å². The lowest BCUT2D eigenvalue weighted by atomic mass is 9.49. The number of rotatable bonds is 1. The molecule has 4 aliphatic rings. The van der Waals surface area contributed by atoms with Crippen molar-refractivity contribution in [3.63, 3.8) is 0 Å². The first kappa shape index (κ1) is 8.72. The van der Waals surface area contributed by atoms with E-state index in [1.54, 1.807) is 0 Å². The van der Waals surface area contributed by atoms with Crippen LogP contribution in [0, 0.1) is 17.3 Å². The Hall–Kier alpha value is 0.440. The van der Waals surface area contributed by atoms with Gasteiger partial charge in [0.15, 0.2) is 0 Å². The smallest absolute Gasteiger partial charge is 0.0269 e. The fraction of sp³-hybridized carbons (Fsp3) is 1.00. The minimum Gasteiger partial charge on any atom is -0.330 e. The highest BCUT2D eigenvalue weighted by atomic mass is 79.9. The van der Waals surface area contributed by atoms with Crippen molar-refractivity contribution in [2.75, 3.05) is 6.54 Å². The quantitative estimate of drug-likeness (QED) is 0.705. The van der Waals surface area contributed by atoms with Gasteiger partial charge in [-0.3, -0.25) is 0 Å². The zero-order chi connectivity index (χ0) is 9.10. The molecule has 4 bridgehead atoms. The van der Waals surface area contributed by atoms with Gasteiger partial charge in [0.2, 0.25) is 0 Å². The van der Waals surface area contributed by atoms with E-state index in [1.165, 1.54) is 38.5 Å². The van der Waals surface area contributed by atoms with Gasteiger partial charge in [-0.25, -0.2) is 0 Å². The van der Waals surface area contributed by atoms with Crippen LogP contribution in [0.15, 0.2) is 0 Å². The minimum atomic E-state index is 0.496. The van der Waals surface area contributed by atoms with Crippen LogP contribution in [-0.4, -0.2) is 10.9 Å². The minimum absolute atomic E-state index is 0.496. The summed E-state index contributed by atoms with van der Waals surface area (Å²) in [6.45, 7) is 0.924. The second kappa shape index (κ2) is 2.52. The number of hydrogen-bond acceptors (Lipinski definition) is 1. The van der Waals surface area contributed by atoms with E-state index in [2.05, 4.69) is 15.9 Å². The van der Waals surface area contributed by atoms with Gasteiger partial charge in [0.1, 0.15) is 0 Å². The highest BCUT2D eigenvalue weighted by Crippen LogP contribution is 2.63. The van der Waals surface area contributed by atoms with Gasteiger partial charge in [-0.15, -0.1) is 0 Å². The van der Waals surface area contributed by atoms with Gasteiger partial charge < -0.3 is 5.73 Å². The second-order valence-corrected chi connectivity index (χ2v) is 7.50. The average Bonchev–Trinajstić information content (AvgIpc) is 1.99. The summed E-state index contributed by atoms with van der Waals surface area (Å²) in [4.78, 5) is 0. The summed E-state index contributed by atoms with van der Waals surface area (Å²) in [5.74, 6) is 1.98. The van der Waals surface area contributed by atoms with Crippen molar-refractivity contribution in [3.05, 3.63) is 0 Å². The molecule has 0 heterocycles. The van der Waals surface area contributed by atoms with E-state index in [0.29, 0.717) is 9.74 Å². The Morgan fingerprint density at radius 1 is 1.15 bits per heavy atom. The summed E-state index contributed by atoms with van der Waals surface area (Å²) in [7, 11) is 0. The van der Waals surface area contributed by atoms with Crippen LogP contribution in [0.3, 0.4) is 0 Å². The maximum absolute atomic E-state index is 5.97. The van der Waals surface area contributed by atoms with Crippen LogP contribution in [-0.2, 0) is 0 Å². The standard InChI is InChI=1S/C11H18BrN/c12-11-4-8-1-9(5-11)3-10(2-8,6-11)7-13/h8-9H,1-7,13H2/t8-,9-,10?,11?/m1/s1. The molecule has 0 spiro atoms. The molecule has 1 nitrogen and oxygen atoms in total. The van der Waals surface area contributed by atoms with Crippen LogP contribution in [0.1, 0.15) is 38.5 Å². The maximum Gasteiger partial charge on any atom is 0.0269 e. The topological polar surface area (TPSA) is 26.0 Å². The first-order valence-electron chi connectivity index (χ1n) is 5.52. The summed E-state index contributed by atoms with van der Waals surface area (Å²) in [6, 6.07) is 0. The van der Waals surface area contributed by atoms with Gasteiger partial charge in [0.25, 0.3) is 0 Å². The molecule has 74 valence electrons. The lowest BCUT2D eigenvalue weighted by molar-refractivity contribution is -0.0288. The first-order chi connectivity index (χ1) is 6.13. The Balaban J connectivity index is 1.95. The Morgan fingerprint density at radius 2 is 1.77 bits per heavy atom. The SMILES string of the molecule is NCC12C[C@H]3C[C@@H](CC(Br)(C3)C1)C2. The fourth-order valence-corrected chi connectivity index (χ4v) is 6.09. The van der Waals surface area contributed by atoms with Crippen LogP contribution in [0.5, 0.6) is 0 Å². The number of nitrogens with two attached hydrogens (primary N) is 1. The van der Waals surface area contributed by atoms with Crippen molar-refractivity contribution in [1.82, 2.24) is 0 Å². The van der Waals surface area contributed by atoms with Gasteiger partial charge in [-0.1, -0.05) is 15.9 Å². The van der Waals surface area contributed by atoms with Crippen LogP contribution in [0.4, 0.5) is 0 Å². The average molecular weight is 244 g/mol. The second-order valence-electron chi connectivity index (χ2n) is 5.82. The monoisotopic (exact) mass is 243 g/mol. The molecule has 0 radical (unpaired) electrons. The van der Waals surface area contributed by atoms with Gasteiger partial charge in [-0.05, 0) is 62.3 Å². The highest BCUT2D eigenvalue weighted by Gasteiger charge is 2.55. The predicted octanol–water partition coefficient (Wildman–Crippen LogP) is 2.68. The molecule has 4 saturated carbocycles. The Bertz CT molecular complexity index is 224. The number of alkyl halides is 1. The van der Waals surface area contributed by atoms with Gasteiger partial charge in [0, 0.05) is 4.32 Å². The van der Waals surface area contributed by atoms with E-state index < -0.39 is 0 Å². The van der Waals surface area contributed by atoms with Crippen molar-refractivity contribution >= 4 is 15.9 Å². The molecule has 0 unspecified atom stereocenters. The molecule has 2 N–H and O–H groups in total. The molecule has 0 aromatic rings. The summed E-state index contributed by atoms with van der Waals surface area (Å²) in [5.41, 5.74) is 6.50. The molecule has 4 rings (SSSR count). The molecule has 2 heteroatoms. The fourth-order valence-electron chi connectivity index (χ4n) is 4.57. The van der Waals surface area contributed by atoms with E-state index in [0.717, 1.165) is 18.4 Å². The summed E-state index contributed by atoms with van der Waals surface area (Å²) < 4.78 is 0.496. The third-order valence-electron chi connectivity index (χ3n) is 4.54. The maximum atomic E-state index is 5.97. The third-order valence-corrected chi connectivity index (χ3v) is 5.47. The highest BCUT2D eigenvalue weighted by molar-refractivity contribution is 9.10. The molecule has 4 fully saturated rings. The molecular weight excluding hydrogens is 226 g/mol. The molecule has 0 aliphatic heterocycles. The molecule has 0 aromatic carbocycles. The molecule has 0 aromatic heterocycles. The Morgan fingerprint density at radius 3 is 2.23 bits per heavy atom. The van der Waals surface area contributed by atoms with Crippen molar-refractivity contribution in [2.24, 2.45) is 23.0 Å². The molecule has 0 amide bonds. The lowest BCUT2D eigenvalue weighted by Gasteiger charge is -2.60. The van der Waals surface area contributed by atoms with Crippen LogP contribution < -0.4 is 5.73 Å².